The Labute approximate surface area is 149 Å². The maximum Gasteiger partial charge on any atom is 0.291 e. The van der Waals surface area contributed by atoms with Crippen LogP contribution in [0.25, 0.3) is 12.0 Å². The molecule has 2 aromatic rings. The molecular formula is C15H17Cl2N3O4. The SMILES string of the molecule is CCCCOC(=Cn1ccnc1)c1ccc(Cl)cc1Cl.O=[N+]([O-])O. The summed E-state index contributed by atoms with van der Waals surface area (Å²) in [6.45, 7) is 2.77. The van der Waals surface area contributed by atoms with Crippen molar-refractivity contribution in [1.82, 2.24) is 9.55 Å². The van der Waals surface area contributed by atoms with E-state index >= 15 is 0 Å². The minimum atomic E-state index is -1.50. The lowest BCUT2D eigenvalue weighted by Gasteiger charge is -2.12. The summed E-state index contributed by atoms with van der Waals surface area (Å²) in [6, 6.07) is 5.37. The van der Waals surface area contributed by atoms with Gasteiger partial charge in [-0.3, -0.25) is 0 Å². The number of aromatic nitrogens is 2. The molecule has 0 aliphatic rings. The first kappa shape index (κ1) is 19.8. The van der Waals surface area contributed by atoms with Crippen molar-refractivity contribution in [3.8, 4) is 0 Å². The van der Waals surface area contributed by atoms with E-state index in [1.807, 2.05) is 23.0 Å². The molecule has 2 rings (SSSR count). The molecule has 0 radical (unpaired) electrons. The van der Waals surface area contributed by atoms with Gasteiger partial charge in [-0.15, -0.1) is 10.1 Å². The molecule has 1 heterocycles. The summed E-state index contributed by atoms with van der Waals surface area (Å²) in [5, 5.41) is 14.8. The largest absolute Gasteiger partial charge is 0.491 e. The van der Waals surface area contributed by atoms with E-state index in [4.69, 9.17) is 43.3 Å². The van der Waals surface area contributed by atoms with Gasteiger partial charge in [-0.05, 0) is 24.6 Å². The van der Waals surface area contributed by atoms with Crippen LogP contribution in [0, 0.1) is 10.1 Å². The number of nitrogens with zero attached hydrogens (tertiary/aromatic N) is 3. The van der Waals surface area contributed by atoms with E-state index in [-0.39, 0.29) is 0 Å². The van der Waals surface area contributed by atoms with Gasteiger partial charge in [0.1, 0.15) is 5.76 Å². The molecule has 130 valence electrons. The highest BCUT2D eigenvalue weighted by atomic mass is 35.5. The van der Waals surface area contributed by atoms with Crippen LogP contribution in [0.5, 0.6) is 0 Å². The normalized spacial score (nSPS) is 10.7. The number of imidazole rings is 1. The van der Waals surface area contributed by atoms with Crippen LogP contribution in [0.4, 0.5) is 0 Å². The van der Waals surface area contributed by atoms with Crippen LogP contribution in [0.2, 0.25) is 10.0 Å². The fourth-order valence-corrected chi connectivity index (χ4v) is 2.18. The molecule has 0 aliphatic heterocycles. The first-order chi connectivity index (χ1) is 11.4. The summed E-state index contributed by atoms with van der Waals surface area (Å²) >= 11 is 12.2. The van der Waals surface area contributed by atoms with Gasteiger partial charge in [0.15, 0.2) is 0 Å². The molecule has 7 nitrogen and oxygen atoms in total. The second kappa shape index (κ2) is 10.5. The van der Waals surface area contributed by atoms with Gasteiger partial charge in [0.05, 0.1) is 24.2 Å². The Kier molecular flexibility index (Phi) is 8.67. The molecule has 1 N–H and O–H groups in total. The molecule has 0 amide bonds. The highest BCUT2D eigenvalue weighted by Crippen LogP contribution is 2.28. The zero-order valence-corrected chi connectivity index (χ0v) is 14.4. The fraction of sp³-hybridized carbons (Fsp3) is 0.267. The van der Waals surface area contributed by atoms with Crippen molar-refractivity contribution in [1.29, 1.82) is 0 Å². The van der Waals surface area contributed by atoms with Crippen LogP contribution in [0.1, 0.15) is 25.3 Å². The molecule has 0 spiro atoms. The summed E-state index contributed by atoms with van der Waals surface area (Å²) in [5.74, 6) is 0.707. The lowest BCUT2D eigenvalue weighted by atomic mass is 10.2. The third-order valence-corrected chi connectivity index (χ3v) is 3.29. The Morgan fingerprint density at radius 3 is 2.75 bits per heavy atom. The minimum absolute atomic E-state index is 0.570. The predicted molar refractivity (Wildman–Crippen MR) is 92.5 cm³/mol. The molecule has 0 atom stereocenters. The smallest absolute Gasteiger partial charge is 0.291 e. The van der Waals surface area contributed by atoms with Gasteiger partial charge in [-0.1, -0.05) is 36.5 Å². The van der Waals surface area contributed by atoms with Crippen LogP contribution in [0.15, 0.2) is 36.9 Å². The molecule has 0 saturated carbocycles. The van der Waals surface area contributed by atoms with Crippen molar-refractivity contribution in [3.63, 3.8) is 0 Å². The second-order valence-corrected chi connectivity index (χ2v) is 5.41. The van der Waals surface area contributed by atoms with Gasteiger partial charge in [-0.25, -0.2) is 4.98 Å². The molecule has 0 saturated heterocycles. The Morgan fingerprint density at radius 2 is 2.21 bits per heavy atom. The summed E-state index contributed by atoms with van der Waals surface area (Å²) in [7, 11) is 0. The number of unbranched alkanes of at least 4 members (excludes halogenated alkanes) is 1. The van der Waals surface area contributed by atoms with Crippen molar-refractivity contribution >= 4 is 35.2 Å². The van der Waals surface area contributed by atoms with Crippen molar-refractivity contribution < 1.29 is 15.0 Å². The molecule has 0 bridgehead atoms. The fourth-order valence-electron chi connectivity index (χ4n) is 1.68. The van der Waals surface area contributed by atoms with E-state index in [1.165, 1.54) is 0 Å². The van der Waals surface area contributed by atoms with Gasteiger partial charge in [-0.2, -0.15) is 0 Å². The van der Waals surface area contributed by atoms with Crippen LogP contribution in [-0.4, -0.2) is 26.5 Å². The first-order valence-corrected chi connectivity index (χ1v) is 7.80. The third kappa shape index (κ3) is 7.34. The van der Waals surface area contributed by atoms with E-state index < -0.39 is 5.09 Å². The third-order valence-electron chi connectivity index (χ3n) is 2.74. The lowest BCUT2D eigenvalue weighted by Crippen LogP contribution is -1.97. The predicted octanol–water partition coefficient (Wildman–Crippen LogP) is 4.61. The molecule has 0 aliphatic carbocycles. The average Bonchev–Trinajstić information content (AvgIpc) is 2.99. The molecule has 9 heteroatoms. The van der Waals surface area contributed by atoms with Gasteiger partial charge in [0.2, 0.25) is 0 Å². The van der Waals surface area contributed by atoms with Crippen LogP contribution in [0.3, 0.4) is 0 Å². The van der Waals surface area contributed by atoms with E-state index in [0.29, 0.717) is 22.4 Å². The molecule has 0 fully saturated rings. The Hall–Kier alpha value is -2.25. The van der Waals surface area contributed by atoms with Crippen molar-refractivity contribution in [2.75, 3.05) is 6.61 Å². The molecule has 24 heavy (non-hydrogen) atoms. The topological polar surface area (TPSA) is 90.4 Å². The number of halogens is 2. The average molecular weight is 374 g/mol. The van der Waals surface area contributed by atoms with E-state index in [0.717, 1.165) is 18.4 Å². The van der Waals surface area contributed by atoms with E-state index in [2.05, 4.69) is 11.9 Å². The van der Waals surface area contributed by atoms with Gasteiger partial charge in [0, 0.05) is 23.0 Å². The number of hydrogen-bond acceptors (Lipinski definition) is 4. The maximum absolute atomic E-state index is 8.36. The quantitative estimate of drug-likeness (QED) is 0.345. The van der Waals surface area contributed by atoms with E-state index in [9.17, 15) is 0 Å². The number of rotatable bonds is 6. The number of ether oxygens (including phenoxy) is 1. The minimum Gasteiger partial charge on any atom is -0.491 e. The van der Waals surface area contributed by atoms with Crippen LogP contribution in [-0.2, 0) is 4.74 Å². The Balaban J connectivity index is 0.000000648. The lowest BCUT2D eigenvalue weighted by molar-refractivity contribution is -0.742. The summed E-state index contributed by atoms with van der Waals surface area (Å²) in [5.41, 5.74) is 0.820. The Morgan fingerprint density at radius 1 is 1.50 bits per heavy atom. The van der Waals surface area contributed by atoms with Gasteiger partial charge >= 0.3 is 0 Å². The van der Waals surface area contributed by atoms with E-state index in [1.54, 1.807) is 24.7 Å². The first-order valence-electron chi connectivity index (χ1n) is 7.04. The molecule has 1 aromatic carbocycles. The van der Waals surface area contributed by atoms with Gasteiger partial charge in [0.25, 0.3) is 5.09 Å². The highest BCUT2D eigenvalue weighted by Gasteiger charge is 2.09. The zero-order chi connectivity index (χ0) is 17.9. The molecular weight excluding hydrogens is 357 g/mol. The summed E-state index contributed by atoms with van der Waals surface area (Å²) < 4.78 is 7.67. The van der Waals surface area contributed by atoms with Crippen molar-refractivity contribution in [2.24, 2.45) is 0 Å². The molecule has 0 unspecified atom stereocenters. The van der Waals surface area contributed by atoms with Gasteiger partial charge < -0.3 is 14.5 Å². The number of hydrogen-bond donors (Lipinski definition) is 1. The van der Waals surface area contributed by atoms with Crippen molar-refractivity contribution in [3.05, 3.63) is 62.6 Å². The zero-order valence-electron chi connectivity index (χ0n) is 12.9. The highest BCUT2D eigenvalue weighted by molar-refractivity contribution is 6.35. The van der Waals surface area contributed by atoms with Crippen LogP contribution < -0.4 is 0 Å². The summed E-state index contributed by atoms with van der Waals surface area (Å²) in [6.07, 6.45) is 9.18. The van der Waals surface area contributed by atoms with Crippen LogP contribution >= 0.6 is 23.2 Å². The van der Waals surface area contributed by atoms with Crippen molar-refractivity contribution in [2.45, 2.75) is 19.8 Å². The summed E-state index contributed by atoms with van der Waals surface area (Å²) in [4.78, 5) is 12.4. The number of benzene rings is 1. The molecule has 1 aromatic heterocycles. The monoisotopic (exact) mass is 373 g/mol. The standard InChI is InChI=1S/C15H16Cl2N2O.HNO3/c1-2-3-8-20-15(10-19-7-6-18-11-19)13-5-4-12(16)9-14(13)17;2-1(3)4/h4-7,9-11H,2-3,8H2,1H3;(H,2,3,4). The second-order valence-electron chi connectivity index (χ2n) is 4.57. The maximum atomic E-state index is 8.36. The Bertz CT molecular complexity index is 671.